The van der Waals surface area contributed by atoms with Crippen molar-refractivity contribution in [2.24, 2.45) is 0 Å². The second-order valence-corrected chi connectivity index (χ2v) is 10.1. The summed E-state index contributed by atoms with van der Waals surface area (Å²) in [6, 6.07) is 23.5. The molecule has 188 valence electrons. The molecule has 0 bridgehead atoms. The van der Waals surface area contributed by atoms with E-state index >= 15 is 0 Å². The summed E-state index contributed by atoms with van der Waals surface area (Å²) in [5, 5.41) is 13.5. The van der Waals surface area contributed by atoms with Gasteiger partial charge in [0.05, 0.1) is 23.3 Å². The highest BCUT2D eigenvalue weighted by Crippen LogP contribution is 2.44. The molecule has 4 aromatic rings. The third kappa shape index (κ3) is 4.51. The first-order valence-electron chi connectivity index (χ1n) is 12.4. The van der Waals surface area contributed by atoms with Crippen LogP contribution in [0.4, 0.5) is 5.69 Å². The van der Waals surface area contributed by atoms with Crippen LogP contribution in [0.2, 0.25) is 0 Å². The topological polar surface area (TPSA) is 70.4 Å². The molecule has 37 heavy (non-hydrogen) atoms. The summed E-state index contributed by atoms with van der Waals surface area (Å²) in [4.78, 5) is 18.2. The minimum absolute atomic E-state index is 0.120. The van der Waals surface area contributed by atoms with Crippen LogP contribution in [0.5, 0.6) is 0 Å². The van der Waals surface area contributed by atoms with Crippen LogP contribution in [0.1, 0.15) is 70.4 Å². The fourth-order valence-electron chi connectivity index (χ4n) is 5.21. The Morgan fingerprint density at radius 3 is 2.27 bits per heavy atom. The van der Waals surface area contributed by atoms with Gasteiger partial charge < -0.3 is 19.9 Å². The van der Waals surface area contributed by atoms with Crippen molar-refractivity contribution in [1.82, 2.24) is 14.9 Å². The highest BCUT2D eigenvalue weighted by Gasteiger charge is 2.42. The van der Waals surface area contributed by atoms with Gasteiger partial charge in [-0.3, -0.25) is 4.98 Å². The number of thiocarbonyl (C=S) groups is 1. The van der Waals surface area contributed by atoms with E-state index in [-0.39, 0.29) is 17.6 Å². The molecule has 0 spiro atoms. The van der Waals surface area contributed by atoms with Crippen molar-refractivity contribution in [1.29, 1.82) is 0 Å². The largest absolute Gasteiger partial charge is 0.478 e. The van der Waals surface area contributed by atoms with Crippen molar-refractivity contribution in [3.05, 3.63) is 113 Å². The maximum absolute atomic E-state index is 11.4. The number of pyridine rings is 1. The van der Waals surface area contributed by atoms with Crippen LogP contribution in [0.15, 0.2) is 79.0 Å². The SMILES string of the molecule is Cc1cc([C@H]2[C@@H](c3ccccn3)NC(=S)N2c2ccc(C(C)C)cc2)c(C)n1-c1ccc(C(=O)O)cc1. The molecule has 0 amide bonds. The Morgan fingerprint density at radius 2 is 1.68 bits per heavy atom. The number of aromatic carboxylic acids is 1. The number of nitrogens with one attached hydrogen (secondary N) is 1. The van der Waals surface area contributed by atoms with E-state index in [0.717, 1.165) is 34.0 Å². The molecule has 7 heteroatoms. The van der Waals surface area contributed by atoms with Crippen LogP contribution in [-0.4, -0.2) is 25.7 Å². The van der Waals surface area contributed by atoms with Gasteiger partial charge in [0.2, 0.25) is 0 Å². The quantitative estimate of drug-likeness (QED) is 0.289. The molecule has 1 saturated heterocycles. The summed E-state index contributed by atoms with van der Waals surface area (Å²) in [7, 11) is 0. The van der Waals surface area contributed by atoms with Crippen LogP contribution < -0.4 is 10.2 Å². The Hall–Kier alpha value is -3.97. The summed E-state index contributed by atoms with van der Waals surface area (Å²) in [6.07, 6.45) is 1.81. The minimum atomic E-state index is -0.934. The standard InChI is InChI=1S/C30H30N4O2S/c1-18(2)21-8-12-24(13-9-21)34-28(27(32-30(34)37)26-7-5-6-16-31-26)25-17-19(3)33(20(25)4)23-14-10-22(11-15-23)29(35)36/h5-18,27-28H,1-4H3,(H,32,37)(H,35,36)/t27-,28+/m1/s1. The number of aromatic nitrogens is 2. The van der Waals surface area contributed by atoms with Gasteiger partial charge in [-0.1, -0.05) is 32.0 Å². The lowest BCUT2D eigenvalue weighted by atomic mass is 9.96. The Kier molecular flexibility index (Phi) is 6.56. The number of carboxylic acids is 1. The average Bonchev–Trinajstić information content (AvgIpc) is 3.39. The summed E-state index contributed by atoms with van der Waals surface area (Å²) in [5.41, 5.74) is 7.68. The molecule has 2 N–H and O–H groups in total. The highest BCUT2D eigenvalue weighted by atomic mass is 32.1. The van der Waals surface area contributed by atoms with E-state index < -0.39 is 5.97 Å². The van der Waals surface area contributed by atoms with Crippen molar-refractivity contribution in [2.75, 3.05) is 4.90 Å². The first-order valence-corrected chi connectivity index (χ1v) is 12.8. The molecule has 1 fully saturated rings. The van der Waals surface area contributed by atoms with Gasteiger partial charge in [-0.05, 0) is 97.7 Å². The van der Waals surface area contributed by atoms with Gasteiger partial charge in [0.25, 0.3) is 0 Å². The van der Waals surface area contributed by atoms with Crippen molar-refractivity contribution in [3.63, 3.8) is 0 Å². The first-order chi connectivity index (χ1) is 17.8. The fraction of sp³-hybridized carbons (Fsp3) is 0.233. The number of anilines is 1. The average molecular weight is 511 g/mol. The third-order valence-electron chi connectivity index (χ3n) is 7.10. The molecule has 1 aliphatic rings. The predicted molar refractivity (Wildman–Crippen MR) is 151 cm³/mol. The number of aryl methyl sites for hydroxylation is 1. The van der Waals surface area contributed by atoms with Crippen molar-refractivity contribution >= 4 is 29.0 Å². The van der Waals surface area contributed by atoms with E-state index in [1.54, 1.807) is 12.1 Å². The van der Waals surface area contributed by atoms with E-state index in [1.807, 2.05) is 36.5 Å². The molecular formula is C30H30N4O2S. The Balaban J connectivity index is 1.63. The summed E-state index contributed by atoms with van der Waals surface area (Å²) >= 11 is 5.90. The van der Waals surface area contributed by atoms with E-state index in [0.29, 0.717) is 11.0 Å². The second kappa shape index (κ2) is 9.82. The molecule has 3 heterocycles. The molecule has 1 aliphatic heterocycles. The molecular weight excluding hydrogens is 480 g/mol. The summed E-state index contributed by atoms with van der Waals surface area (Å²) in [6.45, 7) is 8.55. The van der Waals surface area contributed by atoms with Crippen LogP contribution in [0.3, 0.4) is 0 Å². The maximum Gasteiger partial charge on any atom is 0.335 e. The number of nitrogens with zero attached hydrogens (tertiary/aromatic N) is 3. The molecule has 0 radical (unpaired) electrons. The first kappa shape index (κ1) is 24.7. The number of rotatable bonds is 6. The third-order valence-corrected chi connectivity index (χ3v) is 7.41. The normalized spacial score (nSPS) is 17.3. The number of benzene rings is 2. The lowest BCUT2D eigenvalue weighted by Crippen LogP contribution is -2.29. The number of carbonyl (C=O) groups is 1. The molecule has 0 saturated carbocycles. The molecule has 0 aliphatic carbocycles. The summed E-state index contributed by atoms with van der Waals surface area (Å²) in [5.74, 6) is -0.489. The second-order valence-electron chi connectivity index (χ2n) is 9.76. The van der Waals surface area contributed by atoms with E-state index in [9.17, 15) is 9.90 Å². The van der Waals surface area contributed by atoms with E-state index in [1.165, 1.54) is 5.56 Å². The molecule has 2 aromatic carbocycles. The fourth-order valence-corrected chi connectivity index (χ4v) is 5.55. The van der Waals surface area contributed by atoms with Crippen LogP contribution >= 0.6 is 12.2 Å². The number of carboxylic acid groups (broad SMARTS) is 1. The van der Waals surface area contributed by atoms with Gasteiger partial charge in [-0.2, -0.15) is 0 Å². The van der Waals surface area contributed by atoms with Crippen LogP contribution in [0, 0.1) is 13.8 Å². The molecule has 2 atom stereocenters. The van der Waals surface area contributed by atoms with Crippen molar-refractivity contribution < 1.29 is 9.90 Å². The smallest absolute Gasteiger partial charge is 0.335 e. The molecule has 2 aromatic heterocycles. The Labute approximate surface area is 222 Å². The van der Waals surface area contributed by atoms with Crippen molar-refractivity contribution in [2.45, 2.75) is 45.7 Å². The van der Waals surface area contributed by atoms with Gasteiger partial charge in [0, 0.05) is 29.0 Å². The predicted octanol–water partition coefficient (Wildman–Crippen LogP) is 6.49. The zero-order valence-corrected chi connectivity index (χ0v) is 22.2. The lowest BCUT2D eigenvalue weighted by Gasteiger charge is -2.28. The maximum atomic E-state index is 11.4. The van der Waals surface area contributed by atoms with Gasteiger partial charge >= 0.3 is 5.97 Å². The number of hydrogen-bond acceptors (Lipinski definition) is 3. The van der Waals surface area contributed by atoms with Gasteiger partial charge in [0.15, 0.2) is 5.11 Å². The zero-order chi connectivity index (χ0) is 26.3. The Morgan fingerprint density at radius 1 is 1.00 bits per heavy atom. The molecule has 0 unspecified atom stereocenters. The van der Waals surface area contributed by atoms with Crippen molar-refractivity contribution in [3.8, 4) is 5.69 Å². The van der Waals surface area contributed by atoms with Gasteiger partial charge in [-0.15, -0.1) is 0 Å². The molecule has 6 nitrogen and oxygen atoms in total. The zero-order valence-electron chi connectivity index (χ0n) is 21.3. The van der Waals surface area contributed by atoms with Gasteiger partial charge in [0.1, 0.15) is 0 Å². The van der Waals surface area contributed by atoms with E-state index in [2.05, 4.69) is 77.8 Å². The van der Waals surface area contributed by atoms with Gasteiger partial charge in [-0.25, -0.2) is 4.79 Å². The minimum Gasteiger partial charge on any atom is -0.478 e. The number of hydrogen-bond donors (Lipinski definition) is 2. The molecule has 5 rings (SSSR count). The Bertz CT molecular complexity index is 1440. The van der Waals surface area contributed by atoms with Crippen LogP contribution in [0.25, 0.3) is 5.69 Å². The highest BCUT2D eigenvalue weighted by molar-refractivity contribution is 7.80. The monoisotopic (exact) mass is 510 g/mol. The van der Waals surface area contributed by atoms with Crippen LogP contribution in [-0.2, 0) is 0 Å². The lowest BCUT2D eigenvalue weighted by molar-refractivity contribution is 0.0697. The van der Waals surface area contributed by atoms with E-state index in [4.69, 9.17) is 12.2 Å². The summed E-state index contributed by atoms with van der Waals surface area (Å²) < 4.78 is 2.16.